The Hall–Kier alpha value is -1.90. The zero-order valence-electron chi connectivity index (χ0n) is 19.1. The summed E-state index contributed by atoms with van der Waals surface area (Å²) in [6, 6.07) is 12.2. The molecule has 1 saturated heterocycles. The van der Waals surface area contributed by atoms with Crippen molar-refractivity contribution in [3.63, 3.8) is 0 Å². The van der Waals surface area contributed by atoms with E-state index < -0.39 is 6.10 Å². The van der Waals surface area contributed by atoms with Crippen molar-refractivity contribution in [2.75, 3.05) is 60.7 Å². The van der Waals surface area contributed by atoms with Crippen LogP contribution < -0.4 is 53.6 Å². The lowest BCUT2D eigenvalue weighted by atomic mass is 10.2. The highest BCUT2D eigenvalue weighted by atomic mass is 35.5. The van der Waals surface area contributed by atoms with E-state index >= 15 is 0 Å². The predicted molar refractivity (Wildman–Crippen MR) is 115 cm³/mol. The highest BCUT2D eigenvalue weighted by Crippen LogP contribution is 2.40. The Morgan fingerprint density at radius 2 is 1.53 bits per heavy atom. The molecule has 0 saturated carbocycles. The number of hydrogen-bond donors (Lipinski definition) is 3. The van der Waals surface area contributed by atoms with Crippen molar-refractivity contribution in [1.29, 1.82) is 0 Å². The predicted octanol–water partition coefficient (Wildman–Crippen LogP) is -6.12. The van der Waals surface area contributed by atoms with Gasteiger partial charge in [0.05, 0.1) is 21.3 Å². The summed E-state index contributed by atoms with van der Waals surface area (Å²) < 4.78 is 21.8. The maximum atomic E-state index is 10.5. The van der Waals surface area contributed by atoms with Gasteiger partial charge in [-0.1, -0.05) is 12.1 Å². The molecule has 7 nitrogen and oxygen atoms in total. The van der Waals surface area contributed by atoms with Crippen molar-refractivity contribution in [1.82, 2.24) is 0 Å². The van der Waals surface area contributed by atoms with Crippen LogP contribution in [0.2, 0.25) is 0 Å². The number of aliphatic hydroxyl groups is 1. The monoisotopic (exact) mass is 488 g/mol. The van der Waals surface area contributed by atoms with Crippen molar-refractivity contribution < 1.29 is 58.7 Å². The summed E-state index contributed by atoms with van der Waals surface area (Å²) in [4.78, 5) is 2.93. The molecule has 1 atom stereocenters. The van der Waals surface area contributed by atoms with Crippen LogP contribution in [0.15, 0.2) is 36.4 Å². The SMILES string of the molecule is COc1cc(OCC(O)C[NH+]2CC[NH+](c3cccc(C)c3)CC2)cc(OC)c1OC.[Cl-].[Cl-]. The number of ether oxygens (including phenoxy) is 4. The minimum absolute atomic E-state index is 0. The topological polar surface area (TPSA) is 66.0 Å². The lowest BCUT2D eigenvalue weighted by molar-refractivity contribution is -0.988. The molecule has 0 aromatic heterocycles. The first-order chi connectivity index (χ1) is 14.5. The van der Waals surface area contributed by atoms with E-state index in [1.807, 2.05) is 0 Å². The van der Waals surface area contributed by atoms with E-state index in [1.54, 1.807) is 33.5 Å². The van der Waals surface area contributed by atoms with Crippen LogP contribution in [0.4, 0.5) is 5.69 Å². The number of nitrogens with one attached hydrogen (secondary N) is 2. The van der Waals surface area contributed by atoms with E-state index in [0.717, 1.165) is 26.2 Å². The summed E-state index contributed by atoms with van der Waals surface area (Å²) in [5, 5.41) is 10.5. The Morgan fingerprint density at radius 3 is 2.06 bits per heavy atom. The summed E-state index contributed by atoms with van der Waals surface area (Å²) in [7, 11) is 4.70. The summed E-state index contributed by atoms with van der Waals surface area (Å²) in [5.74, 6) is 2.16. The lowest BCUT2D eigenvalue weighted by Gasteiger charge is -2.30. The average molecular weight is 489 g/mol. The van der Waals surface area contributed by atoms with E-state index in [2.05, 4.69) is 31.2 Å². The first-order valence-corrected chi connectivity index (χ1v) is 10.4. The molecule has 1 aliphatic rings. The van der Waals surface area contributed by atoms with Crippen molar-refractivity contribution in [3.8, 4) is 23.0 Å². The highest BCUT2D eigenvalue weighted by Gasteiger charge is 2.26. The van der Waals surface area contributed by atoms with Gasteiger partial charge in [0.25, 0.3) is 0 Å². The number of aliphatic hydroxyl groups excluding tert-OH is 1. The second-order valence-corrected chi connectivity index (χ2v) is 7.75. The van der Waals surface area contributed by atoms with Crippen LogP contribution in [0.1, 0.15) is 5.56 Å². The number of quaternary nitrogens is 2. The number of rotatable bonds is 9. The molecule has 2 aromatic rings. The second-order valence-electron chi connectivity index (χ2n) is 7.75. The Labute approximate surface area is 203 Å². The van der Waals surface area contributed by atoms with Gasteiger partial charge in [0.2, 0.25) is 5.75 Å². The third kappa shape index (κ3) is 7.32. The smallest absolute Gasteiger partial charge is 0.203 e. The lowest BCUT2D eigenvalue weighted by Crippen LogP contribution is -3.26. The molecule has 1 fully saturated rings. The van der Waals surface area contributed by atoms with Crippen molar-refractivity contribution in [2.45, 2.75) is 13.0 Å². The summed E-state index contributed by atoms with van der Waals surface area (Å²) in [6.45, 7) is 7.23. The number of halogens is 2. The maximum absolute atomic E-state index is 10.5. The number of methoxy groups -OCH3 is 3. The highest BCUT2D eigenvalue weighted by molar-refractivity contribution is 5.55. The van der Waals surface area contributed by atoms with Crippen LogP contribution in [0.3, 0.4) is 0 Å². The number of hydrogen-bond acceptors (Lipinski definition) is 5. The fraction of sp³-hybridized carbons (Fsp3) is 0.478. The van der Waals surface area contributed by atoms with Gasteiger partial charge in [-0.3, -0.25) is 4.90 Å². The van der Waals surface area contributed by atoms with Crippen LogP contribution in [0, 0.1) is 6.92 Å². The third-order valence-corrected chi connectivity index (χ3v) is 5.59. The Bertz CT molecular complexity index is 807. The van der Waals surface area contributed by atoms with E-state index in [-0.39, 0.29) is 31.4 Å². The van der Waals surface area contributed by atoms with Crippen molar-refractivity contribution in [3.05, 3.63) is 42.0 Å². The van der Waals surface area contributed by atoms with Gasteiger partial charge in [0, 0.05) is 18.2 Å². The van der Waals surface area contributed by atoms with E-state index in [0.29, 0.717) is 29.5 Å². The summed E-state index contributed by atoms with van der Waals surface area (Å²) >= 11 is 0. The van der Waals surface area contributed by atoms with Gasteiger partial charge in [0.15, 0.2) is 11.5 Å². The van der Waals surface area contributed by atoms with Gasteiger partial charge in [-0.15, -0.1) is 0 Å². The molecule has 3 N–H and O–H groups in total. The molecule has 0 amide bonds. The van der Waals surface area contributed by atoms with Crippen LogP contribution in [0.5, 0.6) is 23.0 Å². The summed E-state index contributed by atoms with van der Waals surface area (Å²) in [6.07, 6.45) is -0.542. The normalized spacial score (nSPS) is 18.5. The molecular weight excluding hydrogens is 455 g/mol. The van der Waals surface area contributed by atoms with Crippen molar-refractivity contribution in [2.24, 2.45) is 0 Å². The van der Waals surface area contributed by atoms with E-state index in [1.165, 1.54) is 21.1 Å². The number of aryl methyl sites for hydroxylation is 1. The number of benzene rings is 2. The molecule has 32 heavy (non-hydrogen) atoms. The largest absolute Gasteiger partial charge is 1.00 e. The minimum atomic E-state index is -0.542. The van der Waals surface area contributed by atoms with Gasteiger partial charge in [-0.05, 0) is 18.6 Å². The molecule has 1 aliphatic heterocycles. The summed E-state index contributed by atoms with van der Waals surface area (Å²) in [5.41, 5.74) is 2.66. The Morgan fingerprint density at radius 1 is 0.906 bits per heavy atom. The molecule has 180 valence electrons. The van der Waals surface area contributed by atoms with Gasteiger partial charge in [0.1, 0.15) is 56.9 Å². The molecule has 3 rings (SSSR count). The molecule has 0 bridgehead atoms. The molecular formula is C23H34Cl2N2O5. The van der Waals surface area contributed by atoms with Crippen LogP contribution in [-0.4, -0.2) is 71.9 Å². The van der Waals surface area contributed by atoms with Crippen molar-refractivity contribution >= 4 is 5.69 Å². The average Bonchev–Trinajstić information content (AvgIpc) is 2.77. The second kappa shape index (κ2) is 13.6. The van der Waals surface area contributed by atoms with Gasteiger partial charge < -0.3 is 53.8 Å². The van der Waals surface area contributed by atoms with Crippen LogP contribution in [-0.2, 0) is 0 Å². The fourth-order valence-electron chi connectivity index (χ4n) is 3.99. The molecule has 0 radical (unpaired) electrons. The molecule has 0 spiro atoms. The van der Waals surface area contributed by atoms with Gasteiger partial charge in [-0.25, -0.2) is 0 Å². The fourth-order valence-corrected chi connectivity index (χ4v) is 3.99. The zero-order chi connectivity index (χ0) is 21.5. The standard InChI is InChI=1S/C23H32N2O5.2ClH/c1-17-6-5-7-18(12-17)25-10-8-24(9-11-25)15-19(26)16-30-20-13-21(27-2)23(29-4)22(14-20)28-3;;/h5-7,12-14,19,26H,8-11,15-16H2,1-4H3;2*1H. The molecule has 1 heterocycles. The molecule has 1 unspecified atom stereocenters. The third-order valence-electron chi connectivity index (χ3n) is 5.59. The van der Waals surface area contributed by atoms with Gasteiger partial charge in [-0.2, -0.15) is 0 Å². The van der Waals surface area contributed by atoms with E-state index in [9.17, 15) is 5.11 Å². The number of piperazine rings is 1. The minimum Gasteiger partial charge on any atom is -1.00 e. The van der Waals surface area contributed by atoms with Crippen LogP contribution in [0.25, 0.3) is 0 Å². The Kier molecular flexibility index (Phi) is 12.0. The zero-order valence-corrected chi connectivity index (χ0v) is 20.6. The quantitative estimate of drug-likeness (QED) is 0.328. The van der Waals surface area contributed by atoms with Crippen LogP contribution >= 0.6 is 0 Å². The first kappa shape index (κ1) is 28.1. The Balaban J connectivity index is 0.00000256. The maximum Gasteiger partial charge on any atom is 0.203 e. The molecule has 2 aromatic carbocycles. The molecule has 9 heteroatoms. The van der Waals surface area contributed by atoms with Gasteiger partial charge >= 0.3 is 0 Å². The van der Waals surface area contributed by atoms with E-state index in [4.69, 9.17) is 18.9 Å². The molecule has 0 aliphatic carbocycles. The first-order valence-electron chi connectivity index (χ1n) is 10.4.